The molecule has 0 aromatic carbocycles. The van der Waals surface area contributed by atoms with Crippen molar-refractivity contribution >= 4 is 34.6 Å². The normalized spacial score (nSPS) is 18.9. The summed E-state index contributed by atoms with van der Waals surface area (Å²) in [7, 11) is 0. The molecule has 0 radical (unpaired) electrons. The Kier molecular flexibility index (Phi) is 4.42. The van der Waals surface area contributed by atoms with Gasteiger partial charge < -0.3 is 10.2 Å². The van der Waals surface area contributed by atoms with Crippen molar-refractivity contribution in [2.45, 2.75) is 13.0 Å². The van der Waals surface area contributed by atoms with Crippen LogP contribution >= 0.6 is 23.7 Å². The zero-order valence-electron chi connectivity index (χ0n) is 10.9. The topological polar surface area (TPSA) is 66.7 Å². The highest BCUT2D eigenvalue weighted by atomic mass is 35.5. The maximum atomic E-state index is 12.4. The van der Waals surface area contributed by atoms with E-state index in [-0.39, 0.29) is 35.5 Å². The molecule has 20 heavy (non-hydrogen) atoms. The first-order valence-electron chi connectivity index (χ1n) is 6.15. The largest absolute Gasteiger partial charge is 0.333 e. The van der Waals surface area contributed by atoms with E-state index in [4.69, 9.17) is 0 Å². The number of piperazine rings is 1. The predicted molar refractivity (Wildman–Crippen MR) is 80.0 cm³/mol. The first-order chi connectivity index (χ1) is 9.18. The van der Waals surface area contributed by atoms with Gasteiger partial charge in [-0.25, -0.2) is 4.98 Å². The van der Waals surface area contributed by atoms with Gasteiger partial charge in [-0.3, -0.25) is 14.0 Å². The van der Waals surface area contributed by atoms with E-state index < -0.39 is 0 Å². The highest BCUT2D eigenvalue weighted by Gasteiger charge is 2.26. The minimum absolute atomic E-state index is 0. The van der Waals surface area contributed by atoms with E-state index >= 15 is 0 Å². The van der Waals surface area contributed by atoms with Crippen molar-refractivity contribution in [2.24, 2.45) is 0 Å². The molecule has 1 atom stereocenters. The number of nitrogens with zero attached hydrogens (tertiary/aromatic N) is 3. The molecule has 3 heterocycles. The lowest BCUT2D eigenvalue weighted by molar-refractivity contribution is 0.0653. The van der Waals surface area contributed by atoms with Crippen LogP contribution in [0.15, 0.2) is 22.6 Å². The molecule has 108 valence electrons. The van der Waals surface area contributed by atoms with Crippen LogP contribution in [-0.4, -0.2) is 45.9 Å². The lowest BCUT2D eigenvalue weighted by Crippen LogP contribution is -2.53. The van der Waals surface area contributed by atoms with Gasteiger partial charge in [0, 0.05) is 43.4 Å². The Morgan fingerprint density at radius 1 is 1.55 bits per heavy atom. The first kappa shape index (κ1) is 15.0. The molecule has 0 spiro atoms. The molecule has 1 fully saturated rings. The fourth-order valence-corrected chi connectivity index (χ4v) is 2.94. The molecule has 2 aromatic heterocycles. The molecule has 6 nitrogen and oxygen atoms in total. The molecule has 2 aromatic rings. The van der Waals surface area contributed by atoms with Gasteiger partial charge >= 0.3 is 0 Å². The maximum absolute atomic E-state index is 12.4. The number of amides is 1. The molecular formula is C12H15ClN4O2S. The molecule has 1 aliphatic rings. The maximum Gasteiger partial charge on any atom is 0.271 e. The van der Waals surface area contributed by atoms with E-state index in [9.17, 15) is 9.59 Å². The molecule has 1 N–H and O–H groups in total. The second-order valence-electron chi connectivity index (χ2n) is 4.58. The Labute approximate surface area is 125 Å². The van der Waals surface area contributed by atoms with Gasteiger partial charge in [0.05, 0.1) is 0 Å². The number of carbonyl (C=O) groups is 1. The number of rotatable bonds is 1. The van der Waals surface area contributed by atoms with Gasteiger partial charge in [0.2, 0.25) is 0 Å². The Bertz CT molecular complexity index is 683. The van der Waals surface area contributed by atoms with Gasteiger partial charge in [-0.15, -0.1) is 23.7 Å². The zero-order chi connectivity index (χ0) is 13.4. The van der Waals surface area contributed by atoms with E-state index in [0.717, 1.165) is 13.1 Å². The van der Waals surface area contributed by atoms with Crippen molar-refractivity contribution in [1.29, 1.82) is 0 Å². The molecule has 1 saturated heterocycles. The summed E-state index contributed by atoms with van der Waals surface area (Å²) in [5.74, 6) is -0.230. The highest BCUT2D eigenvalue weighted by molar-refractivity contribution is 7.15. The summed E-state index contributed by atoms with van der Waals surface area (Å²) >= 11 is 1.37. The summed E-state index contributed by atoms with van der Waals surface area (Å²) in [6.45, 7) is 4.09. The van der Waals surface area contributed by atoms with Crippen LogP contribution in [0.2, 0.25) is 0 Å². The van der Waals surface area contributed by atoms with Gasteiger partial charge in [0.1, 0.15) is 5.56 Å². The van der Waals surface area contributed by atoms with Crippen molar-refractivity contribution in [2.75, 3.05) is 19.6 Å². The fraction of sp³-hybridized carbons (Fsp3) is 0.417. The summed E-state index contributed by atoms with van der Waals surface area (Å²) < 4.78 is 1.42. The Morgan fingerprint density at radius 3 is 3.10 bits per heavy atom. The van der Waals surface area contributed by atoms with Crippen LogP contribution in [0.5, 0.6) is 0 Å². The average molecular weight is 315 g/mol. The van der Waals surface area contributed by atoms with Crippen LogP contribution in [0.4, 0.5) is 0 Å². The summed E-state index contributed by atoms with van der Waals surface area (Å²) in [5, 5.41) is 5.00. The molecule has 8 heteroatoms. The number of fused-ring (bicyclic) bond motifs is 1. The number of thiazole rings is 1. The number of hydrogen-bond donors (Lipinski definition) is 1. The summed E-state index contributed by atoms with van der Waals surface area (Å²) in [6.07, 6.45) is 3.04. The van der Waals surface area contributed by atoms with Crippen molar-refractivity contribution in [3.05, 3.63) is 33.7 Å². The van der Waals surface area contributed by atoms with Crippen LogP contribution in [-0.2, 0) is 0 Å². The van der Waals surface area contributed by atoms with Gasteiger partial charge in [0.25, 0.3) is 11.5 Å². The lowest BCUT2D eigenvalue weighted by Gasteiger charge is -2.33. The average Bonchev–Trinajstić information content (AvgIpc) is 2.88. The van der Waals surface area contributed by atoms with Gasteiger partial charge in [-0.05, 0) is 6.92 Å². The molecule has 0 bridgehead atoms. The molecular weight excluding hydrogens is 300 g/mol. The van der Waals surface area contributed by atoms with Gasteiger partial charge in [0.15, 0.2) is 4.96 Å². The molecule has 1 aliphatic heterocycles. The predicted octanol–water partition coefficient (Wildman–Crippen LogP) is 0.612. The van der Waals surface area contributed by atoms with Crippen molar-refractivity contribution in [3.63, 3.8) is 0 Å². The highest BCUT2D eigenvalue weighted by Crippen LogP contribution is 2.10. The number of aromatic nitrogens is 2. The van der Waals surface area contributed by atoms with E-state index in [1.165, 1.54) is 21.9 Å². The van der Waals surface area contributed by atoms with Crippen LogP contribution < -0.4 is 10.9 Å². The Morgan fingerprint density at radius 2 is 2.35 bits per heavy atom. The fourth-order valence-electron chi connectivity index (χ4n) is 2.27. The zero-order valence-corrected chi connectivity index (χ0v) is 12.5. The summed E-state index contributed by atoms with van der Waals surface area (Å²) in [5.41, 5.74) is -0.147. The van der Waals surface area contributed by atoms with Crippen LogP contribution in [0.3, 0.4) is 0 Å². The van der Waals surface area contributed by atoms with Crippen molar-refractivity contribution in [1.82, 2.24) is 19.6 Å². The van der Waals surface area contributed by atoms with E-state index in [2.05, 4.69) is 10.3 Å². The van der Waals surface area contributed by atoms with Gasteiger partial charge in [-0.2, -0.15) is 0 Å². The van der Waals surface area contributed by atoms with E-state index in [1.54, 1.807) is 16.5 Å². The van der Waals surface area contributed by atoms with Crippen LogP contribution in [0.25, 0.3) is 4.96 Å². The third-order valence-corrected chi connectivity index (χ3v) is 4.11. The van der Waals surface area contributed by atoms with E-state index in [1.807, 2.05) is 6.92 Å². The first-order valence-corrected chi connectivity index (χ1v) is 7.03. The number of carbonyl (C=O) groups excluding carboxylic acids is 1. The Hall–Kier alpha value is -1.44. The third kappa shape index (κ3) is 2.44. The molecule has 0 unspecified atom stereocenters. The van der Waals surface area contributed by atoms with Gasteiger partial charge in [-0.1, -0.05) is 0 Å². The molecule has 1 amide bonds. The summed E-state index contributed by atoms with van der Waals surface area (Å²) in [4.78, 5) is 31.2. The van der Waals surface area contributed by atoms with Crippen molar-refractivity contribution < 1.29 is 4.79 Å². The number of hydrogen-bond acceptors (Lipinski definition) is 5. The minimum atomic E-state index is -0.290. The number of halogens is 1. The molecule has 0 aliphatic carbocycles. The SMILES string of the molecule is C[C@H]1CNCCN1C(=O)c1cnc2sccn2c1=O.Cl. The van der Waals surface area contributed by atoms with Crippen LogP contribution in [0, 0.1) is 0 Å². The second kappa shape index (κ2) is 5.90. The third-order valence-electron chi connectivity index (χ3n) is 3.34. The monoisotopic (exact) mass is 314 g/mol. The molecule has 0 saturated carbocycles. The Balaban J connectivity index is 0.00000147. The minimum Gasteiger partial charge on any atom is -0.333 e. The molecule has 3 rings (SSSR count). The second-order valence-corrected chi connectivity index (χ2v) is 5.46. The number of nitrogens with one attached hydrogen (secondary N) is 1. The van der Waals surface area contributed by atoms with Crippen molar-refractivity contribution in [3.8, 4) is 0 Å². The lowest BCUT2D eigenvalue weighted by atomic mass is 10.2. The standard InChI is InChI=1S/C12H14N4O2S.ClH/c1-8-6-13-2-3-15(8)10(17)9-7-14-12-16(11(9)18)4-5-19-12;/h4-5,7-8,13H,2-3,6H2,1H3;1H/t8-;/m0./s1. The summed E-state index contributed by atoms with van der Waals surface area (Å²) in [6, 6.07) is 0.0869. The van der Waals surface area contributed by atoms with E-state index in [0.29, 0.717) is 11.5 Å². The van der Waals surface area contributed by atoms with Crippen LogP contribution in [0.1, 0.15) is 17.3 Å². The smallest absolute Gasteiger partial charge is 0.271 e. The quantitative estimate of drug-likeness (QED) is 0.837.